The predicted molar refractivity (Wildman–Crippen MR) is 94.0 cm³/mol. The van der Waals surface area contributed by atoms with Crippen LogP contribution in [0.5, 0.6) is 0 Å². The van der Waals surface area contributed by atoms with Crippen molar-refractivity contribution >= 4 is 6.03 Å². The van der Waals surface area contributed by atoms with E-state index >= 15 is 0 Å². The number of amides is 2. The Hall–Kier alpha value is -2.24. The molecule has 6 heteroatoms. The van der Waals surface area contributed by atoms with Gasteiger partial charge < -0.3 is 14.6 Å². The van der Waals surface area contributed by atoms with Gasteiger partial charge in [0.05, 0.1) is 13.1 Å². The van der Waals surface area contributed by atoms with Gasteiger partial charge in [0, 0.05) is 30.4 Å². The molecule has 4 rings (SSSR count). The zero-order valence-electron chi connectivity index (χ0n) is 14.9. The summed E-state index contributed by atoms with van der Waals surface area (Å²) in [5, 5.41) is 7.28. The van der Waals surface area contributed by atoms with Crippen molar-refractivity contribution in [2.75, 3.05) is 0 Å². The van der Waals surface area contributed by atoms with E-state index in [0.29, 0.717) is 25.0 Å². The SMILES string of the molecule is C[C@H](Cn1cccn1)NC(=O)N(Cc1ccc([C@H]2C[C@H]2C)o1)C1CC1. The van der Waals surface area contributed by atoms with Crippen LogP contribution in [-0.4, -0.2) is 32.8 Å². The van der Waals surface area contributed by atoms with E-state index in [-0.39, 0.29) is 12.1 Å². The molecule has 25 heavy (non-hydrogen) atoms. The molecule has 2 aliphatic carbocycles. The Kier molecular flexibility index (Phi) is 4.27. The Bertz CT molecular complexity index is 720. The van der Waals surface area contributed by atoms with Gasteiger partial charge in [-0.3, -0.25) is 4.68 Å². The van der Waals surface area contributed by atoms with E-state index in [1.165, 1.54) is 6.42 Å². The standard InChI is InChI=1S/C19H26N4O2/c1-13-10-17(13)18-7-6-16(25-18)12-23(15-4-5-15)19(24)21-14(2)11-22-9-3-8-20-22/h3,6-9,13-15,17H,4-5,10-12H2,1-2H3,(H,21,24)/t13-,14-,17+/m1/s1. The molecule has 6 nitrogen and oxygen atoms in total. The van der Waals surface area contributed by atoms with Crippen molar-refractivity contribution in [2.45, 2.75) is 64.2 Å². The first kappa shape index (κ1) is 16.2. The third-order valence-electron chi connectivity index (χ3n) is 5.12. The molecular weight excluding hydrogens is 316 g/mol. The van der Waals surface area contributed by atoms with Crippen molar-refractivity contribution in [1.82, 2.24) is 20.0 Å². The highest BCUT2D eigenvalue weighted by atomic mass is 16.3. The number of furan rings is 1. The Balaban J connectivity index is 1.35. The Morgan fingerprint density at radius 3 is 2.92 bits per heavy atom. The van der Waals surface area contributed by atoms with Crippen LogP contribution in [0.4, 0.5) is 4.79 Å². The van der Waals surface area contributed by atoms with Crippen LogP contribution in [0.15, 0.2) is 35.0 Å². The van der Waals surface area contributed by atoms with Crippen LogP contribution in [0, 0.1) is 5.92 Å². The molecule has 2 aromatic heterocycles. The van der Waals surface area contributed by atoms with E-state index in [1.54, 1.807) is 6.20 Å². The molecule has 0 bridgehead atoms. The molecule has 0 radical (unpaired) electrons. The molecule has 134 valence electrons. The highest BCUT2D eigenvalue weighted by molar-refractivity contribution is 5.75. The van der Waals surface area contributed by atoms with E-state index < -0.39 is 0 Å². The summed E-state index contributed by atoms with van der Waals surface area (Å²) in [5.74, 6) is 3.26. The third kappa shape index (κ3) is 3.89. The summed E-state index contributed by atoms with van der Waals surface area (Å²) in [7, 11) is 0. The van der Waals surface area contributed by atoms with E-state index in [1.807, 2.05) is 34.8 Å². The van der Waals surface area contributed by atoms with Crippen molar-refractivity contribution < 1.29 is 9.21 Å². The van der Waals surface area contributed by atoms with Crippen LogP contribution >= 0.6 is 0 Å². The van der Waals surface area contributed by atoms with Crippen LogP contribution in [0.2, 0.25) is 0 Å². The fourth-order valence-electron chi connectivity index (χ4n) is 3.35. The molecular formula is C19H26N4O2. The van der Waals surface area contributed by atoms with E-state index in [0.717, 1.165) is 30.3 Å². The molecule has 2 fully saturated rings. The van der Waals surface area contributed by atoms with Crippen LogP contribution < -0.4 is 5.32 Å². The van der Waals surface area contributed by atoms with Gasteiger partial charge in [-0.15, -0.1) is 0 Å². The molecule has 1 N–H and O–H groups in total. The van der Waals surface area contributed by atoms with E-state index in [4.69, 9.17) is 4.42 Å². The van der Waals surface area contributed by atoms with Gasteiger partial charge in [0.15, 0.2) is 0 Å². The van der Waals surface area contributed by atoms with Crippen molar-refractivity contribution in [3.8, 4) is 0 Å². The molecule has 0 spiro atoms. The molecule has 2 heterocycles. The van der Waals surface area contributed by atoms with Gasteiger partial charge in [0.2, 0.25) is 0 Å². The summed E-state index contributed by atoms with van der Waals surface area (Å²) in [5.41, 5.74) is 0. The van der Waals surface area contributed by atoms with Crippen LogP contribution in [0.1, 0.15) is 50.5 Å². The van der Waals surface area contributed by atoms with Gasteiger partial charge in [-0.2, -0.15) is 5.10 Å². The van der Waals surface area contributed by atoms with Gasteiger partial charge in [-0.05, 0) is 50.3 Å². The second-order valence-corrected chi connectivity index (χ2v) is 7.56. The van der Waals surface area contributed by atoms with E-state index in [2.05, 4.69) is 23.4 Å². The zero-order chi connectivity index (χ0) is 17.4. The Morgan fingerprint density at radius 1 is 1.48 bits per heavy atom. The summed E-state index contributed by atoms with van der Waals surface area (Å²) in [6.07, 6.45) is 7.03. The number of carbonyl (C=O) groups excluding carboxylic acids is 1. The molecule has 3 atom stereocenters. The number of urea groups is 1. The normalized spacial score (nSPS) is 23.3. The molecule has 0 aliphatic heterocycles. The Labute approximate surface area is 148 Å². The lowest BCUT2D eigenvalue weighted by atomic mass is 10.3. The number of hydrogen-bond acceptors (Lipinski definition) is 3. The van der Waals surface area contributed by atoms with Crippen LogP contribution in [0.25, 0.3) is 0 Å². The smallest absolute Gasteiger partial charge is 0.318 e. The minimum Gasteiger partial charge on any atom is -0.464 e. The van der Waals surface area contributed by atoms with Crippen LogP contribution in [-0.2, 0) is 13.1 Å². The molecule has 2 saturated carbocycles. The van der Waals surface area contributed by atoms with Crippen molar-refractivity contribution in [3.63, 3.8) is 0 Å². The van der Waals surface area contributed by atoms with Crippen molar-refractivity contribution in [1.29, 1.82) is 0 Å². The Morgan fingerprint density at radius 2 is 2.28 bits per heavy atom. The summed E-state index contributed by atoms with van der Waals surface area (Å²) >= 11 is 0. The zero-order valence-corrected chi connectivity index (χ0v) is 14.9. The maximum absolute atomic E-state index is 12.7. The molecule has 2 aliphatic rings. The van der Waals surface area contributed by atoms with Gasteiger partial charge in [0.25, 0.3) is 0 Å². The van der Waals surface area contributed by atoms with Crippen molar-refractivity contribution in [3.05, 3.63) is 42.1 Å². The van der Waals surface area contributed by atoms with Gasteiger partial charge in [-0.25, -0.2) is 4.79 Å². The van der Waals surface area contributed by atoms with Crippen LogP contribution in [0.3, 0.4) is 0 Å². The van der Waals surface area contributed by atoms with Gasteiger partial charge in [-0.1, -0.05) is 6.92 Å². The minimum atomic E-state index is -0.0140. The fraction of sp³-hybridized carbons (Fsp3) is 0.579. The highest BCUT2D eigenvalue weighted by Gasteiger charge is 2.37. The maximum Gasteiger partial charge on any atom is 0.318 e. The molecule has 0 saturated heterocycles. The van der Waals surface area contributed by atoms with Gasteiger partial charge >= 0.3 is 6.03 Å². The second-order valence-electron chi connectivity index (χ2n) is 7.56. The number of aromatic nitrogens is 2. The topological polar surface area (TPSA) is 63.3 Å². The second kappa shape index (κ2) is 6.58. The maximum atomic E-state index is 12.7. The quantitative estimate of drug-likeness (QED) is 0.839. The number of nitrogens with zero attached hydrogens (tertiary/aromatic N) is 3. The summed E-state index contributed by atoms with van der Waals surface area (Å²) in [6, 6.07) is 6.34. The predicted octanol–water partition coefficient (Wildman–Crippen LogP) is 3.36. The molecule has 0 unspecified atom stereocenters. The minimum absolute atomic E-state index is 0.0140. The number of carbonyl (C=O) groups is 1. The summed E-state index contributed by atoms with van der Waals surface area (Å²) in [6.45, 7) is 5.47. The summed E-state index contributed by atoms with van der Waals surface area (Å²) < 4.78 is 7.83. The fourth-order valence-corrected chi connectivity index (χ4v) is 3.35. The molecule has 0 aromatic carbocycles. The largest absolute Gasteiger partial charge is 0.464 e. The first-order chi connectivity index (χ1) is 12.1. The van der Waals surface area contributed by atoms with E-state index in [9.17, 15) is 4.79 Å². The van der Waals surface area contributed by atoms with Gasteiger partial charge in [0.1, 0.15) is 11.5 Å². The average molecular weight is 342 g/mol. The highest BCUT2D eigenvalue weighted by Crippen LogP contribution is 2.47. The average Bonchev–Trinajstić information content (AvgIpc) is 3.43. The lowest BCUT2D eigenvalue weighted by Gasteiger charge is -2.24. The monoisotopic (exact) mass is 342 g/mol. The lowest BCUT2D eigenvalue weighted by Crippen LogP contribution is -2.45. The third-order valence-corrected chi connectivity index (χ3v) is 5.12. The first-order valence-electron chi connectivity index (χ1n) is 9.23. The first-order valence-corrected chi connectivity index (χ1v) is 9.23. The number of hydrogen-bond donors (Lipinski definition) is 1. The summed E-state index contributed by atoms with van der Waals surface area (Å²) in [4.78, 5) is 14.6. The van der Waals surface area contributed by atoms with Crippen molar-refractivity contribution in [2.24, 2.45) is 5.92 Å². The number of nitrogens with one attached hydrogen (secondary N) is 1. The number of rotatable bonds is 7. The lowest BCUT2D eigenvalue weighted by molar-refractivity contribution is 0.182. The molecule has 2 aromatic rings. The molecule has 2 amide bonds.